The van der Waals surface area contributed by atoms with Gasteiger partial charge in [0.05, 0.1) is 22.6 Å². The van der Waals surface area contributed by atoms with Gasteiger partial charge in [-0.3, -0.25) is 9.44 Å². The third-order valence-corrected chi connectivity index (χ3v) is 7.71. The van der Waals surface area contributed by atoms with Crippen molar-refractivity contribution in [2.75, 3.05) is 16.6 Å². The summed E-state index contributed by atoms with van der Waals surface area (Å²) in [6.45, 7) is 5.39. The zero-order valence-corrected chi connectivity index (χ0v) is 19.3. The van der Waals surface area contributed by atoms with E-state index in [0.717, 1.165) is 5.56 Å². The Bertz CT molecular complexity index is 1290. The number of hydrogen-bond acceptors (Lipinski definition) is 5. The van der Waals surface area contributed by atoms with Crippen LogP contribution in [0, 0.1) is 20.8 Å². The normalized spacial score (nSPS) is 11.7. The minimum absolute atomic E-state index is 0.0101. The van der Waals surface area contributed by atoms with E-state index in [-0.39, 0.29) is 15.5 Å². The Morgan fingerprint density at radius 2 is 1.32 bits per heavy atom. The molecule has 0 spiro atoms. The zero-order chi connectivity index (χ0) is 22.8. The van der Waals surface area contributed by atoms with Crippen LogP contribution in [-0.2, 0) is 20.0 Å². The number of sulfonamides is 2. The molecular weight excluding hydrogens is 436 g/mol. The first-order valence-corrected chi connectivity index (χ1v) is 12.4. The number of hydrogen-bond donors (Lipinski definition) is 2. The van der Waals surface area contributed by atoms with Gasteiger partial charge in [0.15, 0.2) is 0 Å². The molecule has 0 aliphatic carbocycles. The number of para-hydroxylation sites is 2. The van der Waals surface area contributed by atoms with E-state index in [0.29, 0.717) is 22.6 Å². The van der Waals surface area contributed by atoms with Gasteiger partial charge in [0.1, 0.15) is 5.75 Å². The third-order valence-electron chi connectivity index (χ3n) is 4.64. The summed E-state index contributed by atoms with van der Waals surface area (Å²) < 4.78 is 61.4. The molecule has 0 radical (unpaired) electrons. The Labute approximate surface area is 183 Å². The molecule has 3 aromatic rings. The zero-order valence-electron chi connectivity index (χ0n) is 17.6. The second kappa shape index (κ2) is 8.60. The van der Waals surface area contributed by atoms with E-state index in [1.54, 1.807) is 50.2 Å². The lowest BCUT2D eigenvalue weighted by Gasteiger charge is -2.15. The summed E-state index contributed by atoms with van der Waals surface area (Å²) in [4.78, 5) is 0.205. The van der Waals surface area contributed by atoms with E-state index in [1.165, 1.54) is 31.4 Å². The van der Waals surface area contributed by atoms with Crippen LogP contribution >= 0.6 is 0 Å². The molecule has 0 aliphatic heterocycles. The Morgan fingerprint density at radius 1 is 0.742 bits per heavy atom. The van der Waals surface area contributed by atoms with E-state index in [4.69, 9.17) is 4.74 Å². The largest absolute Gasteiger partial charge is 0.495 e. The quantitative estimate of drug-likeness (QED) is 0.550. The summed E-state index contributed by atoms with van der Waals surface area (Å²) in [6.07, 6.45) is 0. The maximum absolute atomic E-state index is 12.9. The van der Waals surface area contributed by atoms with Crippen LogP contribution in [0.4, 0.5) is 11.4 Å². The highest BCUT2D eigenvalue weighted by Crippen LogP contribution is 2.28. The standard InChI is InChI=1S/C22H24N2O5S2/c1-15-13-16(2)22(17(3)14-15)31(27,28)23-18-9-11-19(12-10-18)30(25,26)24-20-7-5-6-8-21(20)29-4/h5-14,23-24H,1-4H3. The molecule has 2 N–H and O–H groups in total. The molecule has 0 fully saturated rings. The van der Waals surface area contributed by atoms with Crippen molar-refractivity contribution in [2.24, 2.45) is 0 Å². The van der Waals surface area contributed by atoms with Crippen LogP contribution < -0.4 is 14.2 Å². The van der Waals surface area contributed by atoms with Gasteiger partial charge in [0.2, 0.25) is 0 Å². The topological polar surface area (TPSA) is 102 Å². The third kappa shape index (κ3) is 5.00. The van der Waals surface area contributed by atoms with Crippen LogP contribution in [0.25, 0.3) is 0 Å². The summed E-state index contributed by atoms with van der Waals surface area (Å²) >= 11 is 0. The number of aryl methyl sites for hydroxylation is 3. The van der Waals surface area contributed by atoms with Gasteiger partial charge in [-0.05, 0) is 68.3 Å². The van der Waals surface area contributed by atoms with Crippen molar-refractivity contribution < 1.29 is 21.6 Å². The lowest BCUT2D eigenvalue weighted by Crippen LogP contribution is -2.16. The molecule has 0 amide bonds. The van der Waals surface area contributed by atoms with Crippen LogP contribution in [0.5, 0.6) is 5.75 Å². The Kier molecular flexibility index (Phi) is 6.28. The van der Waals surface area contributed by atoms with Crippen molar-refractivity contribution in [3.8, 4) is 5.75 Å². The second-order valence-electron chi connectivity index (χ2n) is 7.16. The molecule has 7 nitrogen and oxygen atoms in total. The summed E-state index contributed by atoms with van der Waals surface area (Å²) in [6, 6.07) is 15.8. The molecule has 0 saturated heterocycles. The highest BCUT2D eigenvalue weighted by Gasteiger charge is 2.21. The maximum atomic E-state index is 12.9. The van der Waals surface area contributed by atoms with Crippen molar-refractivity contribution in [3.05, 3.63) is 77.4 Å². The van der Waals surface area contributed by atoms with Gasteiger partial charge < -0.3 is 4.74 Å². The molecule has 0 bridgehead atoms. The summed E-state index contributed by atoms with van der Waals surface area (Å²) in [5, 5.41) is 0. The first-order valence-electron chi connectivity index (χ1n) is 9.40. The highest BCUT2D eigenvalue weighted by atomic mass is 32.2. The van der Waals surface area contributed by atoms with Gasteiger partial charge in [-0.2, -0.15) is 0 Å². The first kappa shape index (κ1) is 22.6. The number of nitrogens with one attached hydrogen (secondary N) is 2. The summed E-state index contributed by atoms with van der Waals surface area (Å²) in [5.41, 5.74) is 2.83. The molecule has 0 aromatic heterocycles. The number of anilines is 2. The van der Waals surface area contributed by atoms with Crippen molar-refractivity contribution in [1.82, 2.24) is 0 Å². The van der Waals surface area contributed by atoms with Crippen molar-refractivity contribution in [1.29, 1.82) is 0 Å². The average Bonchev–Trinajstić information content (AvgIpc) is 2.67. The number of methoxy groups -OCH3 is 1. The smallest absolute Gasteiger partial charge is 0.262 e. The van der Waals surface area contributed by atoms with E-state index in [1.807, 2.05) is 6.92 Å². The molecule has 9 heteroatoms. The fourth-order valence-electron chi connectivity index (χ4n) is 3.43. The number of ether oxygens (including phenoxy) is 1. The van der Waals surface area contributed by atoms with E-state index < -0.39 is 20.0 Å². The average molecular weight is 461 g/mol. The molecule has 0 aliphatic rings. The highest BCUT2D eigenvalue weighted by molar-refractivity contribution is 7.93. The Morgan fingerprint density at radius 3 is 1.90 bits per heavy atom. The number of benzene rings is 3. The Hall–Kier alpha value is -3.04. The molecule has 31 heavy (non-hydrogen) atoms. The van der Waals surface area contributed by atoms with E-state index >= 15 is 0 Å². The van der Waals surface area contributed by atoms with Crippen LogP contribution in [-0.4, -0.2) is 23.9 Å². The van der Waals surface area contributed by atoms with Gasteiger partial charge in [0.25, 0.3) is 20.0 Å². The van der Waals surface area contributed by atoms with Crippen molar-refractivity contribution >= 4 is 31.4 Å². The SMILES string of the molecule is COc1ccccc1NS(=O)(=O)c1ccc(NS(=O)(=O)c2c(C)cc(C)cc2C)cc1. The fourth-order valence-corrected chi connectivity index (χ4v) is 6.02. The van der Waals surface area contributed by atoms with E-state index in [2.05, 4.69) is 9.44 Å². The monoisotopic (exact) mass is 460 g/mol. The van der Waals surface area contributed by atoms with Crippen LogP contribution in [0.15, 0.2) is 70.5 Å². The molecule has 3 rings (SSSR count). The molecular formula is C22H24N2O5S2. The molecule has 3 aromatic carbocycles. The summed E-state index contributed by atoms with van der Waals surface area (Å²) in [7, 11) is -6.26. The van der Waals surface area contributed by atoms with Crippen LogP contribution in [0.2, 0.25) is 0 Å². The maximum Gasteiger partial charge on any atom is 0.262 e. The fraction of sp³-hybridized carbons (Fsp3) is 0.182. The van der Waals surface area contributed by atoms with Gasteiger partial charge in [-0.1, -0.05) is 29.8 Å². The molecule has 0 unspecified atom stereocenters. The molecule has 0 atom stereocenters. The first-order chi connectivity index (χ1) is 14.5. The minimum Gasteiger partial charge on any atom is -0.495 e. The predicted molar refractivity (Wildman–Crippen MR) is 122 cm³/mol. The lowest BCUT2D eigenvalue weighted by atomic mass is 10.1. The van der Waals surface area contributed by atoms with Crippen LogP contribution in [0.3, 0.4) is 0 Å². The molecule has 0 saturated carbocycles. The van der Waals surface area contributed by atoms with Crippen molar-refractivity contribution in [3.63, 3.8) is 0 Å². The minimum atomic E-state index is -3.88. The lowest BCUT2D eigenvalue weighted by molar-refractivity contribution is 0.417. The van der Waals surface area contributed by atoms with Gasteiger partial charge in [-0.25, -0.2) is 16.8 Å². The molecule has 164 valence electrons. The second-order valence-corrected chi connectivity index (χ2v) is 10.5. The van der Waals surface area contributed by atoms with Crippen LogP contribution in [0.1, 0.15) is 16.7 Å². The van der Waals surface area contributed by atoms with Gasteiger partial charge >= 0.3 is 0 Å². The predicted octanol–water partition coefficient (Wildman–Crippen LogP) is 4.22. The van der Waals surface area contributed by atoms with Crippen molar-refractivity contribution in [2.45, 2.75) is 30.6 Å². The Balaban J connectivity index is 1.85. The molecule has 0 heterocycles. The van der Waals surface area contributed by atoms with Gasteiger partial charge in [-0.15, -0.1) is 0 Å². The number of rotatable bonds is 7. The summed E-state index contributed by atoms with van der Waals surface area (Å²) in [5.74, 6) is 0.388. The van der Waals surface area contributed by atoms with E-state index in [9.17, 15) is 16.8 Å². The van der Waals surface area contributed by atoms with Gasteiger partial charge in [0, 0.05) is 5.69 Å².